The molecule has 0 saturated carbocycles. The summed E-state index contributed by atoms with van der Waals surface area (Å²) in [6.07, 6.45) is 5.94. The first kappa shape index (κ1) is 26.9. The Morgan fingerprint density at radius 1 is 1.00 bits per heavy atom. The average Bonchev–Trinajstić information content (AvgIpc) is 2.82. The Hall–Kier alpha value is -2.73. The summed E-state index contributed by atoms with van der Waals surface area (Å²) in [5, 5.41) is 2.24. The van der Waals surface area contributed by atoms with Crippen molar-refractivity contribution in [1.29, 1.82) is 0 Å². The van der Waals surface area contributed by atoms with Crippen molar-refractivity contribution in [1.82, 2.24) is 0 Å². The maximum absolute atomic E-state index is 12.0. The molecule has 3 atom stereocenters. The molecular formula is C30H38O4Si. The van der Waals surface area contributed by atoms with Crippen molar-refractivity contribution in [2.45, 2.75) is 63.9 Å². The van der Waals surface area contributed by atoms with Gasteiger partial charge in [0.25, 0.3) is 8.32 Å². The molecular weight excluding hydrogens is 452 g/mol. The third-order valence-electron chi connectivity index (χ3n) is 6.44. The molecule has 3 rings (SSSR count). The van der Waals surface area contributed by atoms with E-state index in [9.17, 15) is 4.79 Å². The molecule has 0 saturated heterocycles. The second-order valence-corrected chi connectivity index (χ2v) is 14.3. The van der Waals surface area contributed by atoms with Crippen LogP contribution in [0.25, 0.3) is 0 Å². The highest BCUT2D eigenvalue weighted by molar-refractivity contribution is 6.99. The van der Waals surface area contributed by atoms with Crippen molar-refractivity contribution in [3.05, 3.63) is 97.6 Å². The largest absolute Gasteiger partial charge is 0.455 e. The van der Waals surface area contributed by atoms with E-state index in [0.717, 1.165) is 5.57 Å². The van der Waals surface area contributed by atoms with Gasteiger partial charge >= 0.3 is 5.97 Å². The van der Waals surface area contributed by atoms with E-state index in [1.54, 1.807) is 0 Å². The Labute approximate surface area is 211 Å². The molecule has 35 heavy (non-hydrogen) atoms. The van der Waals surface area contributed by atoms with Crippen LogP contribution in [0.2, 0.25) is 5.04 Å². The lowest BCUT2D eigenvalue weighted by Gasteiger charge is -2.44. The first-order valence-corrected chi connectivity index (χ1v) is 14.1. The predicted molar refractivity (Wildman–Crippen MR) is 145 cm³/mol. The summed E-state index contributed by atoms with van der Waals surface area (Å²) >= 11 is 0. The molecule has 0 fully saturated rings. The van der Waals surface area contributed by atoms with Crippen molar-refractivity contribution < 1.29 is 18.7 Å². The molecule has 2 aromatic carbocycles. The van der Waals surface area contributed by atoms with Crippen LogP contribution < -0.4 is 10.4 Å². The summed E-state index contributed by atoms with van der Waals surface area (Å²) in [4.78, 5) is 12.0. The molecule has 0 N–H and O–H groups in total. The molecule has 0 radical (unpaired) electrons. The summed E-state index contributed by atoms with van der Waals surface area (Å²) in [7, 11) is -2.75. The second-order valence-electron chi connectivity index (χ2n) is 9.97. The molecule has 186 valence electrons. The SMILES string of the molecule is C=CCC1=C[C@H](OC(C)=O)[C@@H](CO[Si](c2ccccc2)(c2ccccc2)C(C)(C)C)O[C@@H]1CC=C. The summed E-state index contributed by atoms with van der Waals surface area (Å²) in [6, 6.07) is 21.0. The fourth-order valence-electron chi connectivity index (χ4n) is 4.93. The van der Waals surface area contributed by atoms with Crippen LogP contribution in [0.4, 0.5) is 0 Å². The quantitative estimate of drug-likeness (QED) is 0.256. The van der Waals surface area contributed by atoms with Gasteiger partial charge in [0.2, 0.25) is 0 Å². The Bertz CT molecular complexity index is 984. The summed E-state index contributed by atoms with van der Waals surface area (Å²) in [5.41, 5.74) is 1.05. The van der Waals surface area contributed by atoms with Crippen LogP contribution in [0.15, 0.2) is 97.6 Å². The molecule has 2 aromatic rings. The number of hydrogen-bond acceptors (Lipinski definition) is 4. The van der Waals surface area contributed by atoms with Gasteiger partial charge in [-0.25, -0.2) is 0 Å². The minimum atomic E-state index is -2.75. The lowest BCUT2D eigenvalue weighted by molar-refractivity contribution is -0.157. The molecule has 0 bridgehead atoms. The number of carbonyl (C=O) groups is 1. The minimum absolute atomic E-state index is 0.148. The van der Waals surface area contributed by atoms with E-state index in [1.165, 1.54) is 17.3 Å². The van der Waals surface area contributed by atoms with Gasteiger partial charge in [0.15, 0.2) is 0 Å². The van der Waals surface area contributed by atoms with Gasteiger partial charge in [-0.1, -0.05) is 93.6 Å². The van der Waals surface area contributed by atoms with Crippen LogP contribution in [0.1, 0.15) is 40.5 Å². The average molecular weight is 491 g/mol. The summed E-state index contributed by atoms with van der Waals surface area (Å²) < 4.78 is 19.3. The first-order chi connectivity index (χ1) is 16.7. The summed E-state index contributed by atoms with van der Waals surface area (Å²) in [6.45, 7) is 16.2. The molecule has 5 heteroatoms. The number of esters is 1. The Kier molecular flexibility index (Phi) is 9.06. The molecule has 0 aliphatic carbocycles. The van der Waals surface area contributed by atoms with Crippen LogP contribution in [0.5, 0.6) is 0 Å². The Balaban J connectivity index is 2.04. The Morgan fingerprint density at radius 2 is 1.57 bits per heavy atom. The van der Waals surface area contributed by atoms with Crippen LogP contribution in [0, 0.1) is 0 Å². The number of benzene rings is 2. The van der Waals surface area contributed by atoms with Gasteiger partial charge in [0, 0.05) is 6.92 Å². The number of rotatable bonds is 10. The van der Waals surface area contributed by atoms with E-state index in [4.69, 9.17) is 13.9 Å². The van der Waals surface area contributed by atoms with Gasteiger partial charge < -0.3 is 13.9 Å². The summed E-state index contributed by atoms with van der Waals surface area (Å²) in [5.74, 6) is -0.342. The van der Waals surface area contributed by atoms with Gasteiger partial charge in [0.1, 0.15) is 12.2 Å². The van der Waals surface area contributed by atoms with Crippen LogP contribution in [-0.2, 0) is 18.7 Å². The molecule has 0 amide bonds. The van der Waals surface area contributed by atoms with Crippen LogP contribution in [0.3, 0.4) is 0 Å². The van der Waals surface area contributed by atoms with Gasteiger partial charge in [0.05, 0.1) is 12.7 Å². The van der Waals surface area contributed by atoms with Gasteiger partial charge in [-0.3, -0.25) is 4.79 Å². The molecule has 4 nitrogen and oxygen atoms in total. The first-order valence-electron chi connectivity index (χ1n) is 12.2. The fourth-order valence-corrected chi connectivity index (χ4v) is 9.50. The number of ether oxygens (including phenoxy) is 2. The minimum Gasteiger partial charge on any atom is -0.455 e. The van der Waals surface area contributed by atoms with E-state index >= 15 is 0 Å². The number of allylic oxidation sites excluding steroid dienone is 1. The van der Waals surface area contributed by atoms with E-state index in [0.29, 0.717) is 19.4 Å². The van der Waals surface area contributed by atoms with Crippen molar-refractivity contribution in [2.75, 3.05) is 6.61 Å². The topological polar surface area (TPSA) is 44.8 Å². The molecule has 1 aliphatic heterocycles. The fraction of sp³-hybridized carbons (Fsp3) is 0.367. The van der Waals surface area contributed by atoms with Crippen molar-refractivity contribution in [3.8, 4) is 0 Å². The second kappa shape index (κ2) is 11.8. The third kappa shape index (κ3) is 6.10. The normalized spacial score (nSPS) is 20.6. The van der Waals surface area contributed by atoms with Gasteiger partial charge in [-0.2, -0.15) is 0 Å². The predicted octanol–water partition coefficient (Wildman–Crippen LogP) is 5.34. The van der Waals surface area contributed by atoms with Gasteiger partial charge in [-0.05, 0) is 39.9 Å². The lowest BCUT2D eigenvalue weighted by atomic mass is 9.96. The number of hydrogen-bond donors (Lipinski definition) is 0. The maximum Gasteiger partial charge on any atom is 0.303 e. The molecule has 1 aliphatic rings. The smallest absolute Gasteiger partial charge is 0.303 e. The highest BCUT2D eigenvalue weighted by Crippen LogP contribution is 2.37. The zero-order valence-electron chi connectivity index (χ0n) is 21.4. The maximum atomic E-state index is 12.0. The zero-order chi connectivity index (χ0) is 25.5. The van der Waals surface area contributed by atoms with E-state index in [1.807, 2.05) is 30.4 Å². The molecule has 0 unspecified atom stereocenters. The van der Waals surface area contributed by atoms with Gasteiger partial charge in [-0.15, -0.1) is 13.2 Å². The molecule has 0 spiro atoms. The highest BCUT2D eigenvalue weighted by atomic mass is 28.4. The monoisotopic (exact) mass is 490 g/mol. The zero-order valence-corrected chi connectivity index (χ0v) is 22.4. The molecule has 1 heterocycles. The number of carbonyl (C=O) groups excluding carboxylic acids is 1. The van der Waals surface area contributed by atoms with E-state index in [2.05, 4.69) is 82.5 Å². The lowest BCUT2D eigenvalue weighted by Crippen LogP contribution is -2.67. The van der Waals surface area contributed by atoms with Crippen LogP contribution >= 0.6 is 0 Å². The van der Waals surface area contributed by atoms with Crippen molar-refractivity contribution >= 4 is 24.7 Å². The third-order valence-corrected chi connectivity index (χ3v) is 11.4. The van der Waals surface area contributed by atoms with Crippen LogP contribution in [-0.4, -0.2) is 39.2 Å². The highest BCUT2D eigenvalue weighted by Gasteiger charge is 2.51. The van der Waals surface area contributed by atoms with Crippen molar-refractivity contribution in [3.63, 3.8) is 0 Å². The van der Waals surface area contributed by atoms with Crippen molar-refractivity contribution in [2.24, 2.45) is 0 Å². The standard InChI is InChI=1S/C30H38O4Si/c1-7-15-24-21-28(33-23(3)31)29(34-27(24)16-8-2)22-32-35(30(4,5)6,25-17-11-9-12-18-25)26-19-13-10-14-20-26/h7-14,17-21,27-29H,1-2,15-16,22H2,3-6H3/t27-,28+,29-/m1/s1. The van der Waals surface area contributed by atoms with E-state index in [-0.39, 0.29) is 17.1 Å². The molecule has 0 aromatic heterocycles. The van der Waals surface area contributed by atoms with E-state index < -0.39 is 20.5 Å². The Morgan fingerprint density at radius 3 is 2.03 bits per heavy atom.